The van der Waals surface area contributed by atoms with Crippen LogP contribution in [0.2, 0.25) is 0 Å². The highest BCUT2D eigenvalue weighted by atomic mass is 16.1. The summed E-state index contributed by atoms with van der Waals surface area (Å²) < 4.78 is 1.41. The predicted molar refractivity (Wildman–Crippen MR) is 104 cm³/mol. The van der Waals surface area contributed by atoms with Gasteiger partial charge < -0.3 is 11.1 Å². The third-order valence-electron chi connectivity index (χ3n) is 4.13. The van der Waals surface area contributed by atoms with Gasteiger partial charge in [0.05, 0.1) is 17.9 Å². The van der Waals surface area contributed by atoms with E-state index in [0.29, 0.717) is 11.5 Å². The number of pyridine rings is 1. The van der Waals surface area contributed by atoms with Gasteiger partial charge in [-0.15, -0.1) is 5.10 Å². The van der Waals surface area contributed by atoms with E-state index in [1.165, 1.54) is 17.0 Å². The molecule has 0 fully saturated rings. The molecule has 3 heterocycles. The molecule has 0 aliphatic carbocycles. The van der Waals surface area contributed by atoms with Gasteiger partial charge in [0.25, 0.3) is 5.91 Å². The van der Waals surface area contributed by atoms with Crippen LogP contribution in [0, 0.1) is 0 Å². The number of nitrogens with one attached hydrogen (secondary N) is 1. The van der Waals surface area contributed by atoms with Crippen molar-refractivity contribution in [3.63, 3.8) is 0 Å². The molecule has 0 saturated carbocycles. The lowest BCUT2D eigenvalue weighted by Crippen LogP contribution is -2.26. The highest BCUT2D eigenvalue weighted by molar-refractivity contribution is 5.97. The number of amides is 1. The summed E-state index contributed by atoms with van der Waals surface area (Å²) in [7, 11) is 0. The number of nitrogen functional groups attached to an aromatic ring is 1. The summed E-state index contributed by atoms with van der Waals surface area (Å²) in [5.41, 5.74) is 8.08. The third kappa shape index (κ3) is 3.16. The van der Waals surface area contributed by atoms with Gasteiger partial charge in [-0.1, -0.05) is 36.1 Å². The number of hydrogen-bond acceptors (Lipinski definition) is 7. The smallest absolute Gasteiger partial charge is 0.274 e. The molecular weight excluding hydrogens is 356 g/mol. The van der Waals surface area contributed by atoms with Gasteiger partial charge in [-0.25, -0.2) is 14.6 Å². The number of hydrogen-bond donors (Lipinski definition) is 2. The molecule has 0 radical (unpaired) electrons. The van der Waals surface area contributed by atoms with Crippen LogP contribution in [0.1, 0.15) is 21.7 Å². The zero-order chi connectivity index (χ0) is 19.5. The SMILES string of the molecule is C=Cc1nc(C(=O)NCc2cccc3cccnc23)c(N)nc1-n1ccnn1. The third-order valence-corrected chi connectivity index (χ3v) is 4.13. The lowest BCUT2D eigenvalue weighted by Gasteiger charge is -2.11. The van der Waals surface area contributed by atoms with Crippen molar-refractivity contribution >= 4 is 28.7 Å². The lowest BCUT2D eigenvalue weighted by molar-refractivity contribution is 0.0946. The molecule has 0 unspecified atom stereocenters. The molecule has 3 aromatic heterocycles. The summed E-state index contributed by atoms with van der Waals surface area (Å²) in [5.74, 6) is -0.101. The molecule has 9 nitrogen and oxygen atoms in total. The molecule has 1 aromatic carbocycles. The number of nitrogens with two attached hydrogens (primary N) is 1. The van der Waals surface area contributed by atoms with Crippen molar-refractivity contribution < 1.29 is 4.79 Å². The van der Waals surface area contributed by atoms with E-state index in [1.807, 2.05) is 30.3 Å². The molecule has 9 heteroatoms. The zero-order valence-electron chi connectivity index (χ0n) is 14.8. The van der Waals surface area contributed by atoms with E-state index in [9.17, 15) is 4.79 Å². The van der Waals surface area contributed by atoms with E-state index in [4.69, 9.17) is 5.73 Å². The maximum Gasteiger partial charge on any atom is 0.274 e. The topological polar surface area (TPSA) is 124 Å². The van der Waals surface area contributed by atoms with E-state index in [0.717, 1.165) is 16.5 Å². The minimum absolute atomic E-state index is 0.00959. The molecule has 0 bridgehead atoms. The average Bonchev–Trinajstić information content (AvgIpc) is 3.26. The van der Waals surface area contributed by atoms with Crippen molar-refractivity contribution in [2.75, 3.05) is 5.73 Å². The molecule has 0 aliphatic rings. The maximum absolute atomic E-state index is 12.7. The van der Waals surface area contributed by atoms with E-state index in [2.05, 4.69) is 37.2 Å². The van der Waals surface area contributed by atoms with Crippen molar-refractivity contribution in [1.29, 1.82) is 0 Å². The van der Waals surface area contributed by atoms with Crippen LogP contribution >= 0.6 is 0 Å². The van der Waals surface area contributed by atoms with E-state index < -0.39 is 5.91 Å². The Morgan fingerprint density at radius 3 is 2.86 bits per heavy atom. The Balaban J connectivity index is 1.60. The summed E-state index contributed by atoms with van der Waals surface area (Å²) in [5, 5.41) is 11.4. The highest BCUT2D eigenvalue weighted by Gasteiger charge is 2.18. The molecule has 3 N–H and O–H groups in total. The van der Waals surface area contributed by atoms with E-state index in [-0.39, 0.29) is 18.1 Å². The molecule has 138 valence electrons. The van der Waals surface area contributed by atoms with Crippen LogP contribution in [-0.2, 0) is 6.54 Å². The summed E-state index contributed by atoms with van der Waals surface area (Å²) in [6.07, 6.45) is 6.30. The van der Waals surface area contributed by atoms with Crippen LogP contribution in [0.15, 0.2) is 55.5 Å². The van der Waals surface area contributed by atoms with Gasteiger partial charge >= 0.3 is 0 Å². The first-order chi connectivity index (χ1) is 13.7. The van der Waals surface area contributed by atoms with Crippen LogP contribution in [0.4, 0.5) is 5.82 Å². The van der Waals surface area contributed by atoms with Gasteiger partial charge in [0.15, 0.2) is 17.3 Å². The molecular formula is C19H16N8O. The van der Waals surface area contributed by atoms with Gasteiger partial charge in [-0.3, -0.25) is 9.78 Å². The number of carbonyl (C=O) groups is 1. The molecule has 0 spiro atoms. The van der Waals surface area contributed by atoms with Gasteiger partial charge in [0.1, 0.15) is 5.69 Å². The molecule has 28 heavy (non-hydrogen) atoms. The summed E-state index contributed by atoms with van der Waals surface area (Å²) in [6.45, 7) is 3.99. The minimum atomic E-state index is -0.439. The molecule has 1 amide bonds. The zero-order valence-corrected chi connectivity index (χ0v) is 14.8. The quantitative estimate of drug-likeness (QED) is 0.547. The monoisotopic (exact) mass is 372 g/mol. The second-order valence-electron chi connectivity index (χ2n) is 5.89. The molecule has 0 saturated heterocycles. The Kier molecular flexibility index (Phi) is 4.47. The number of nitrogens with zero attached hydrogens (tertiary/aromatic N) is 6. The standard InChI is InChI=1S/C19H16N8O/c1-2-14-18(27-10-9-23-26-27)25-17(20)16(24-14)19(28)22-11-13-6-3-5-12-7-4-8-21-15(12)13/h2-10H,1,11H2,(H2,20,25)(H,22,28). The number of carbonyl (C=O) groups excluding carboxylic acids is 1. The van der Waals surface area contributed by atoms with E-state index in [1.54, 1.807) is 12.4 Å². The average molecular weight is 372 g/mol. The van der Waals surface area contributed by atoms with Crippen molar-refractivity contribution in [2.45, 2.75) is 6.54 Å². The second kappa shape index (κ2) is 7.23. The van der Waals surface area contributed by atoms with Gasteiger partial charge in [-0.2, -0.15) is 0 Å². The number of aromatic nitrogens is 6. The molecule has 4 aromatic rings. The largest absolute Gasteiger partial charge is 0.382 e. The van der Waals surface area contributed by atoms with Gasteiger partial charge in [-0.05, 0) is 17.7 Å². The number of benzene rings is 1. The first kappa shape index (κ1) is 17.3. The molecule has 0 aliphatic heterocycles. The summed E-state index contributed by atoms with van der Waals surface area (Å²) in [4.78, 5) is 25.6. The van der Waals surface area contributed by atoms with Crippen LogP contribution in [-0.4, -0.2) is 35.9 Å². The van der Waals surface area contributed by atoms with Crippen LogP contribution < -0.4 is 11.1 Å². The van der Waals surface area contributed by atoms with Crippen molar-refractivity contribution in [3.8, 4) is 5.82 Å². The fraction of sp³-hybridized carbons (Fsp3) is 0.0526. The van der Waals surface area contributed by atoms with E-state index >= 15 is 0 Å². The van der Waals surface area contributed by atoms with Gasteiger partial charge in [0.2, 0.25) is 0 Å². The number of anilines is 1. The highest BCUT2D eigenvalue weighted by Crippen LogP contribution is 2.17. The minimum Gasteiger partial charge on any atom is -0.382 e. The van der Waals surface area contributed by atoms with Crippen LogP contribution in [0.5, 0.6) is 0 Å². The van der Waals surface area contributed by atoms with Crippen molar-refractivity contribution in [2.24, 2.45) is 0 Å². The van der Waals surface area contributed by atoms with Crippen LogP contribution in [0.3, 0.4) is 0 Å². The Labute approximate surface area is 160 Å². The normalized spacial score (nSPS) is 10.7. The maximum atomic E-state index is 12.7. The first-order valence-electron chi connectivity index (χ1n) is 8.45. The lowest BCUT2D eigenvalue weighted by atomic mass is 10.1. The Morgan fingerprint density at radius 2 is 2.07 bits per heavy atom. The van der Waals surface area contributed by atoms with Crippen molar-refractivity contribution in [1.82, 2.24) is 35.3 Å². The predicted octanol–water partition coefficient (Wildman–Crippen LogP) is 1.76. The Bertz CT molecular complexity index is 1160. The molecule has 4 rings (SSSR count). The Morgan fingerprint density at radius 1 is 1.21 bits per heavy atom. The first-order valence-corrected chi connectivity index (χ1v) is 8.45. The summed E-state index contributed by atoms with van der Waals surface area (Å²) in [6, 6.07) is 9.64. The number of rotatable bonds is 5. The number of para-hydroxylation sites is 1. The molecule has 0 atom stereocenters. The number of fused-ring (bicyclic) bond motifs is 1. The van der Waals surface area contributed by atoms with Crippen molar-refractivity contribution in [3.05, 3.63) is 72.5 Å². The Hall–Kier alpha value is -4.14. The van der Waals surface area contributed by atoms with Crippen LogP contribution in [0.25, 0.3) is 22.8 Å². The van der Waals surface area contributed by atoms with Gasteiger partial charge in [0, 0.05) is 18.1 Å². The fourth-order valence-corrected chi connectivity index (χ4v) is 2.82. The second-order valence-corrected chi connectivity index (χ2v) is 5.89. The fourth-order valence-electron chi connectivity index (χ4n) is 2.82. The summed E-state index contributed by atoms with van der Waals surface area (Å²) >= 11 is 0.